The largest absolute Gasteiger partial charge is 0.465 e. The molecule has 4 aromatic rings. The Kier molecular flexibility index (Phi) is 6.97. The molecule has 1 amide bonds. The van der Waals surface area contributed by atoms with E-state index in [4.69, 9.17) is 4.74 Å². The van der Waals surface area contributed by atoms with Crippen LogP contribution in [0.2, 0.25) is 0 Å². The van der Waals surface area contributed by atoms with Gasteiger partial charge in [0.25, 0.3) is 5.56 Å². The van der Waals surface area contributed by atoms with Crippen LogP contribution in [0.1, 0.15) is 27.9 Å². The van der Waals surface area contributed by atoms with Gasteiger partial charge >= 0.3 is 11.7 Å². The van der Waals surface area contributed by atoms with Crippen molar-refractivity contribution in [2.24, 2.45) is 0 Å². The van der Waals surface area contributed by atoms with Crippen LogP contribution in [0, 0.1) is 6.92 Å². The molecule has 182 valence electrons. The number of nitrogens with one attached hydrogen (secondary N) is 1. The van der Waals surface area contributed by atoms with Crippen molar-refractivity contribution in [2.75, 3.05) is 12.4 Å². The van der Waals surface area contributed by atoms with Gasteiger partial charge in [0, 0.05) is 13.1 Å². The second kappa shape index (κ2) is 10.1. The van der Waals surface area contributed by atoms with Gasteiger partial charge in [-0.1, -0.05) is 30.3 Å². The fourth-order valence-electron chi connectivity index (χ4n) is 4.01. The van der Waals surface area contributed by atoms with Crippen molar-refractivity contribution in [3.8, 4) is 0 Å². The van der Waals surface area contributed by atoms with Gasteiger partial charge in [0.15, 0.2) is 5.52 Å². The van der Waals surface area contributed by atoms with Crippen LogP contribution in [0.5, 0.6) is 0 Å². The zero-order valence-electron chi connectivity index (χ0n) is 19.6. The van der Waals surface area contributed by atoms with Gasteiger partial charge < -0.3 is 10.1 Å². The zero-order chi connectivity index (χ0) is 25.1. The lowest BCUT2D eigenvalue weighted by atomic mass is 10.1. The van der Waals surface area contributed by atoms with Crippen molar-refractivity contribution in [3.05, 3.63) is 78.8 Å². The summed E-state index contributed by atoms with van der Waals surface area (Å²) in [5.41, 5.74) is 1.33. The quantitative estimate of drug-likeness (QED) is 0.375. The van der Waals surface area contributed by atoms with Crippen molar-refractivity contribution in [3.63, 3.8) is 0 Å². The molecule has 4 rings (SSSR count). The summed E-state index contributed by atoms with van der Waals surface area (Å²) < 4.78 is 8.73. The molecular formula is C24H25N5O5S. The van der Waals surface area contributed by atoms with Gasteiger partial charge in [-0.3, -0.25) is 23.4 Å². The summed E-state index contributed by atoms with van der Waals surface area (Å²) in [7, 11) is 1.26. The number of aryl methyl sites for hydroxylation is 3. The number of hydrogen-bond donors (Lipinski definition) is 1. The van der Waals surface area contributed by atoms with Crippen molar-refractivity contribution in [1.29, 1.82) is 0 Å². The van der Waals surface area contributed by atoms with E-state index < -0.39 is 23.1 Å². The SMILES string of the molecule is CCn1nc(C)c2c1c(=O)n(CCc1ccccc1)c(=O)n2CC(=O)Nc1ccsc1C(=O)OC. The predicted molar refractivity (Wildman–Crippen MR) is 133 cm³/mol. The molecule has 3 heterocycles. The normalized spacial score (nSPS) is 11.1. The van der Waals surface area contributed by atoms with Crippen molar-refractivity contribution >= 4 is 39.9 Å². The monoisotopic (exact) mass is 495 g/mol. The molecule has 0 aliphatic rings. The first-order chi connectivity index (χ1) is 16.8. The van der Waals surface area contributed by atoms with Gasteiger partial charge in [0.1, 0.15) is 16.9 Å². The van der Waals surface area contributed by atoms with Gasteiger partial charge in [-0.25, -0.2) is 9.59 Å². The number of esters is 1. The van der Waals surface area contributed by atoms with Crippen LogP contribution in [0.15, 0.2) is 51.4 Å². The second-order valence-corrected chi connectivity index (χ2v) is 8.78. The van der Waals surface area contributed by atoms with E-state index in [1.807, 2.05) is 37.3 Å². The molecule has 0 aliphatic heterocycles. The highest BCUT2D eigenvalue weighted by atomic mass is 32.1. The smallest absolute Gasteiger partial charge is 0.350 e. The number of ether oxygens (including phenoxy) is 1. The van der Waals surface area contributed by atoms with Crippen LogP contribution < -0.4 is 16.6 Å². The van der Waals surface area contributed by atoms with E-state index in [1.165, 1.54) is 11.7 Å². The lowest BCUT2D eigenvalue weighted by Gasteiger charge is -2.13. The van der Waals surface area contributed by atoms with Gasteiger partial charge in [0.05, 0.1) is 18.5 Å². The number of thiophene rings is 1. The molecule has 0 spiro atoms. The number of carbonyl (C=O) groups is 2. The summed E-state index contributed by atoms with van der Waals surface area (Å²) in [6, 6.07) is 11.1. The number of hydrogen-bond acceptors (Lipinski definition) is 7. The lowest BCUT2D eigenvalue weighted by molar-refractivity contribution is -0.116. The Bertz CT molecular complexity index is 1510. The number of fused-ring (bicyclic) bond motifs is 1. The Labute approximate surface area is 204 Å². The minimum Gasteiger partial charge on any atom is -0.465 e. The highest BCUT2D eigenvalue weighted by Gasteiger charge is 2.22. The predicted octanol–water partition coefficient (Wildman–Crippen LogP) is 2.42. The minimum absolute atomic E-state index is 0.157. The summed E-state index contributed by atoms with van der Waals surface area (Å²) >= 11 is 1.14. The molecule has 1 N–H and O–H groups in total. The molecule has 10 nitrogen and oxygen atoms in total. The first-order valence-corrected chi connectivity index (χ1v) is 11.9. The van der Waals surface area contributed by atoms with E-state index in [1.54, 1.807) is 23.1 Å². The number of methoxy groups -OCH3 is 1. The molecular weight excluding hydrogens is 470 g/mol. The van der Waals surface area contributed by atoms with Gasteiger partial charge in [-0.15, -0.1) is 11.3 Å². The number of anilines is 1. The molecule has 11 heteroatoms. The minimum atomic E-state index is -0.592. The fraction of sp³-hybridized carbons (Fsp3) is 0.292. The van der Waals surface area contributed by atoms with Crippen LogP contribution in [0.4, 0.5) is 5.69 Å². The molecule has 3 aromatic heterocycles. The summed E-state index contributed by atoms with van der Waals surface area (Å²) in [6.45, 7) is 3.79. The first-order valence-electron chi connectivity index (χ1n) is 11.1. The number of benzene rings is 1. The molecule has 0 atom stereocenters. The second-order valence-electron chi connectivity index (χ2n) is 7.86. The fourth-order valence-corrected chi connectivity index (χ4v) is 4.78. The molecule has 0 unspecified atom stereocenters. The van der Waals surface area contributed by atoms with E-state index in [9.17, 15) is 19.2 Å². The number of nitrogens with zero attached hydrogens (tertiary/aromatic N) is 4. The van der Waals surface area contributed by atoms with Gasteiger partial charge in [-0.05, 0) is 37.3 Å². The van der Waals surface area contributed by atoms with E-state index in [0.29, 0.717) is 29.9 Å². The van der Waals surface area contributed by atoms with E-state index in [0.717, 1.165) is 21.5 Å². The van der Waals surface area contributed by atoms with Crippen molar-refractivity contribution < 1.29 is 14.3 Å². The first kappa shape index (κ1) is 24.1. The molecule has 0 saturated carbocycles. The summed E-state index contributed by atoms with van der Waals surface area (Å²) in [6.07, 6.45) is 0.477. The average Bonchev–Trinajstić information content (AvgIpc) is 3.45. The summed E-state index contributed by atoms with van der Waals surface area (Å²) in [4.78, 5) is 52.0. The highest BCUT2D eigenvalue weighted by Crippen LogP contribution is 2.23. The van der Waals surface area contributed by atoms with Crippen LogP contribution in [0.25, 0.3) is 11.0 Å². The zero-order valence-corrected chi connectivity index (χ0v) is 20.4. The molecule has 0 bridgehead atoms. The Morgan fingerprint density at radius 3 is 2.51 bits per heavy atom. The molecule has 0 fully saturated rings. The third kappa shape index (κ3) is 4.67. The van der Waals surface area contributed by atoms with Crippen LogP contribution in [-0.4, -0.2) is 37.9 Å². The number of amides is 1. The number of carbonyl (C=O) groups excluding carboxylic acids is 2. The Morgan fingerprint density at radius 2 is 1.83 bits per heavy atom. The standard InChI is InChI=1S/C24H25N5O5S/c1-4-29-20-19(15(2)26-29)28(14-18(30)25-17-11-13-35-21(17)23(32)34-3)24(33)27(22(20)31)12-10-16-8-6-5-7-9-16/h5-9,11,13H,4,10,12,14H2,1-3H3,(H,25,30). The van der Waals surface area contributed by atoms with Crippen molar-refractivity contribution in [2.45, 2.75) is 39.9 Å². The molecule has 0 aliphatic carbocycles. The molecule has 0 radical (unpaired) electrons. The Balaban J connectivity index is 1.75. The Hall–Kier alpha value is -3.99. The highest BCUT2D eigenvalue weighted by molar-refractivity contribution is 7.12. The maximum absolute atomic E-state index is 13.5. The molecule has 35 heavy (non-hydrogen) atoms. The number of aromatic nitrogens is 4. The molecule has 1 aromatic carbocycles. The Morgan fingerprint density at radius 1 is 1.09 bits per heavy atom. The topological polar surface area (TPSA) is 117 Å². The average molecular weight is 496 g/mol. The van der Waals surface area contributed by atoms with Crippen LogP contribution >= 0.6 is 11.3 Å². The number of rotatable bonds is 8. The summed E-state index contributed by atoms with van der Waals surface area (Å²) in [5.74, 6) is -1.08. The third-order valence-corrected chi connectivity index (χ3v) is 6.55. The third-order valence-electron chi connectivity index (χ3n) is 5.65. The van der Waals surface area contributed by atoms with Gasteiger partial charge in [0.2, 0.25) is 5.91 Å². The maximum Gasteiger partial charge on any atom is 0.350 e. The van der Waals surface area contributed by atoms with Crippen molar-refractivity contribution in [1.82, 2.24) is 18.9 Å². The van der Waals surface area contributed by atoms with Crippen LogP contribution in [0.3, 0.4) is 0 Å². The van der Waals surface area contributed by atoms with E-state index in [-0.39, 0.29) is 23.5 Å². The lowest BCUT2D eigenvalue weighted by Crippen LogP contribution is -2.42. The van der Waals surface area contributed by atoms with Crippen LogP contribution in [-0.2, 0) is 35.6 Å². The van der Waals surface area contributed by atoms with Gasteiger partial charge in [-0.2, -0.15) is 5.10 Å². The van der Waals surface area contributed by atoms with E-state index >= 15 is 0 Å². The maximum atomic E-state index is 13.5. The molecule has 0 saturated heterocycles. The summed E-state index contributed by atoms with van der Waals surface area (Å²) in [5, 5.41) is 8.75. The van der Waals surface area contributed by atoms with E-state index in [2.05, 4.69) is 10.4 Å².